The molecular weight excluding hydrogens is 358 g/mol. The first kappa shape index (κ1) is 20.3. The maximum absolute atomic E-state index is 12.9. The number of nitrogens with zero attached hydrogens (tertiary/aromatic N) is 2. The molecule has 3 rings (SSSR count). The van der Waals surface area contributed by atoms with E-state index in [1.54, 1.807) is 4.90 Å². The van der Waals surface area contributed by atoms with Gasteiger partial charge in [-0.3, -0.25) is 9.78 Å². The van der Waals surface area contributed by atoms with Gasteiger partial charge in [0.2, 0.25) is 0 Å². The lowest BCUT2D eigenvalue weighted by molar-refractivity contribution is -0.157. The molecule has 0 saturated carbocycles. The van der Waals surface area contributed by atoms with Crippen molar-refractivity contribution in [2.24, 2.45) is 0 Å². The molecule has 1 aromatic carbocycles. The van der Waals surface area contributed by atoms with Crippen LogP contribution in [0, 0.1) is 0 Å². The summed E-state index contributed by atoms with van der Waals surface area (Å²) < 4.78 is 0. The molecule has 1 saturated heterocycles. The Bertz CT molecular complexity index is 842. The average molecular weight is 387 g/mol. The molecule has 4 N–H and O–H groups in total. The van der Waals surface area contributed by atoms with Gasteiger partial charge in [-0.1, -0.05) is 38.1 Å². The smallest absolute Gasteiger partial charge is 0.340 e. The van der Waals surface area contributed by atoms with E-state index in [1.807, 2.05) is 0 Å². The normalized spacial score (nSPS) is 20.1. The van der Waals surface area contributed by atoms with E-state index in [4.69, 9.17) is 0 Å². The Kier molecular flexibility index (Phi) is 6.31. The van der Waals surface area contributed by atoms with Crippen LogP contribution in [0.15, 0.2) is 29.1 Å². The number of aromatic nitrogens is 3. The number of likely N-dealkylation sites (tertiary alicyclic amines) is 1. The number of H-pyrrole nitrogens is 2. The molecule has 152 valence electrons. The second kappa shape index (κ2) is 8.70. The van der Waals surface area contributed by atoms with E-state index >= 15 is 0 Å². The molecule has 1 aliphatic heterocycles. The van der Waals surface area contributed by atoms with Crippen molar-refractivity contribution in [2.45, 2.75) is 51.2 Å². The number of nitrogens with one attached hydrogen (secondary N) is 3. The van der Waals surface area contributed by atoms with E-state index < -0.39 is 5.60 Å². The highest BCUT2D eigenvalue weighted by Gasteiger charge is 2.41. The minimum absolute atomic E-state index is 0.184. The SMILES string of the molecule is CC(C)c1ccc(CN2CCC[C@@](O)(CNCCc3n[nH]c(=O)[nH]3)C2=O)cc1. The van der Waals surface area contributed by atoms with E-state index in [0.29, 0.717) is 44.2 Å². The Morgan fingerprint density at radius 1 is 1.29 bits per heavy atom. The third kappa shape index (κ3) is 4.88. The molecule has 1 aromatic heterocycles. The highest BCUT2D eigenvalue weighted by atomic mass is 16.3. The number of benzene rings is 1. The lowest BCUT2D eigenvalue weighted by Crippen LogP contribution is -2.57. The van der Waals surface area contributed by atoms with Gasteiger partial charge < -0.3 is 15.3 Å². The van der Waals surface area contributed by atoms with Gasteiger partial charge in [0.15, 0.2) is 5.60 Å². The van der Waals surface area contributed by atoms with Gasteiger partial charge >= 0.3 is 5.69 Å². The number of piperidine rings is 1. The number of hydrogen-bond donors (Lipinski definition) is 4. The minimum atomic E-state index is -1.39. The average Bonchev–Trinajstić information content (AvgIpc) is 3.08. The fourth-order valence-corrected chi connectivity index (χ4v) is 3.53. The number of aromatic amines is 2. The van der Waals surface area contributed by atoms with Crippen LogP contribution in [-0.4, -0.2) is 56.3 Å². The summed E-state index contributed by atoms with van der Waals surface area (Å²) in [5.41, 5.74) is 0.605. The molecule has 28 heavy (non-hydrogen) atoms. The van der Waals surface area contributed by atoms with E-state index in [0.717, 1.165) is 12.0 Å². The van der Waals surface area contributed by atoms with Crippen LogP contribution in [0.5, 0.6) is 0 Å². The lowest BCUT2D eigenvalue weighted by Gasteiger charge is -2.38. The quantitative estimate of drug-likeness (QED) is 0.503. The van der Waals surface area contributed by atoms with Gasteiger partial charge in [-0.15, -0.1) is 0 Å². The Morgan fingerprint density at radius 2 is 2.04 bits per heavy atom. The highest BCUT2D eigenvalue weighted by molar-refractivity contribution is 5.86. The fourth-order valence-electron chi connectivity index (χ4n) is 3.53. The van der Waals surface area contributed by atoms with Crippen molar-refractivity contribution in [3.05, 3.63) is 51.7 Å². The molecule has 2 aromatic rings. The van der Waals surface area contributed by atoms with E-state index in [1.165, 1.54) is 5.56 Å². The minimum Gasteiger partial charge on any atom is -0.379 e. The molecular formula is C20H29N5O3. The zero-order valence-corrected chi connectivity index (χ0v) is 16.5. The number of rotatable bonds is 8. The largest absolute Gasteiger partial charge is 0.379 e. The predicted octanol–water partition coefficient (Wildman–Crippen LogP) is 0.907. The van der Waals surface area contributed by atoms with Crippen LogP contribution in [0.2, 0.25) is 0 Å². The molecule has 8 nitrogen and oxygen atoms in total. The van der Waals surface area contributed by atoms with Crippen LogP contribution in [0.3, 0.4) is 0 Å². The third-order valence-corrected chi connectivity index (χ3v) is 5.23. The Balaban J connectivity index is 1.53. The Morgan fingerprint density at radius 3 is 2.68 bits per heavy atom. The summed E-state index contributed by atoms with van der Waals surface area (Å²) in [7, 11) is 0. The molecule has 0 spiro atoms. The monoisotopic (exact) mass is 387 g/mol. The zero-order valence-electron chi connectivity index (χ0n) is 16.5. The second-order valence-corrected chi connectivity index (χ2v) is 7.81. The summed E-state index contributed by atoms with van der Waals surface area (Å²) in [4.78, 5) is 28.2. The van der Waals surface area contributed by atoms with Gasteiger partial charge in [-0.05, 0) is 29.9 Å². The number of aliphatic hydroxyl groups is 1. The molecule has 0 unspecified atom stereocenters. The van der Waals surface area contributed by atoms with Gasteiger partial charge in [-0.25, -0.2) is 9.89 Å². The van der Waals surface area contributed by atoms with Gasteiger partial charge in [0.1, 0.15) is 5.82 Å². The third-order valence-electron chi connectivity index (χ3n) is 5.23. The molecule has 2 heterocycles. The molecule has 1 atom stereocenters. The molecule has 0 aliphatic carbocycles. The van der Waals surface area contributed by atoms with Crippen molar-refractivity contribution in [1.82, 2.24) is 25.4 Å². The number of amides is 1. The summed E-state index contributed by atoms with van der Waals surface area (Å²) in [6, 6.07) is 8.31. The van der Waals surface area contributed by atoms with Crippen LogP contribution in [0.1, 0.15) is 49.6 Å². The van der Waals surface area contributed by atoms with Gasteiger partial charge in [0, 0.05) is 32.6 Å². The van der Waals surface area contributed by atoms with Gasteiger partial charge in [0.25, 0.3) is 5.91 Å². The van der Waals surface area contributed by atoms with E-state index in [2.05, 4.69) is 58.6 Å². The maximum atomic E-state index is 12.9. The van der Waals surface area contributed by atoms with Crippen LogP contribution < -0.4 is 11.0 Å². The van der Waals surface area contributed by atoms with Crippen molar-refractivity contribution in [3.63, 3.8) is 0 Å². The lowest BCUT2D eigenvalue weighted by atomic mass is 9.91. The molecule has 0 radical (unpaired) electrons. The van der Waals surface area contributed by atoms with Crippen molar-refractivity contribution >= 4 is 5.91 Å². The molecule has 1 fully saturated rings. The number of hydrogen-bond acceptors (Lipinski definition) is 5. The van der Waals surface area contributed by atoms with Gasteiger partial charge in [-0.2, -0.15) is 5.10 Å². The standard InChI is InChI=1S/C20H29N5O3/c1-14(2)16-6-4-15(5-7-16)12-25-11-3-9-20(28,18(25)26)13-21-10-8-17-22-19(27)24-23-17/h4-7,14,21,28H,3,8-13H2,1-2H3,(H2,22,23,24,27)/t20-/m1/s1. The highest BCUT2D eigenvalue weighted by Crippen LogP contribution is 2.24. The molecule has 8 heteroatoms. The van der Waals surface area contributed by atoms with Crippen LogP contribution in [0.25, 0.3) is 0 Å². The molecule has 0 bridgehead atoms. The zero-order chi connectivity index (χ0) is 20.1. The first-order valence-corrected chi connectivity index (χ1v) is 9.82. The van der Waals surface area contributed by atoms with Crippen molar-refractivity contribution in [3.8, 4) is 0 Å². The van der Waals surface area contributed by atoms with E-state index in [9.17, 15) is 14.7 Å². The van der Waals surface area contributed by atoms with Crippen LogP contribution in [0.4, 0.5) is 0 Å². The predicted molar refractivity (Wildman–Crippen MR) is 106 cm³/mol. The Labute approximate surface area is 164 Å². The van der Waals surface area contributed by atoms with Gasteiger partial charge in [0.05, 0.1) is 0 Å². The van der Waals surface area contributed by atoms with E-state index in [-0.39, 0.29) is 18.1 Å². The Hall–Kier alpha value is -2.45. The summed E-state index contributed by atoms with van der Waals surface area (Å²) in [6.07, 6.45) is 1.72. The van der Waals surface area contributed by atoms with Crippen LogP contribution in [-0.2, 0) is 17.8 Å². The first-order chi connectivity index (χ1) is 13.4. The molecule has 1 amide bonds. The fraction of sp³-hybridized carbons (Fsp3) is 0.550. The summed E-state index contributed by atoms with van der Waals surface area (Å²) in [5.74, 6) is 0.791. The van der Waals surface area contributed by atoms with Crippen molar-refractivity contribution < 1.29 is 9.90 Å². The topological polar surface area (TPSA) is 114 Å². The summed E-state index contributed by atoms with van der Waals surface area (Å²) >= 11 is 0. The second-order valence-electron chi connectivity index (χ2n) is 7.81. The number of carbonyl (C=O) groups is 1. The summed E-state index contributed by atoms with van der Waals surface area (Å²) in [6.45, 7) is 6.16. The maximum Gasteiger partial charge on any atom is 0.340 e. The first-order valence-electron chi connectivity index (χ1n) is 9.82. The van der Waals surface area contributed by atoms with Crippen LogP contribution >= 0.6 is 0 Å². The van der Waals surface area contributed by atoms with Crippen molar-refractivity contribution in [2.75, 3.05) is 19.6 Å². The number of carbonyl (C=O) groups excluding carboxylic acids is 1. The van der Waals surface area contributed by atoms with Crippen molar-refractivity contribution in [1.29, 1.82) is 0 Å². The summed E-state index contributed by atoms with van der Waals surface area (Å²) in [5, 5.41) is 20.1. The molecule has 1 aliphatic rings.